The summed E-state index contributed by atoms with van der Waals surface area (Å²) in [6.07, 6.45) is 0. The smallest absolute Gasteiger partial charge is 0.255 e. The number of carbonyl (C=O) groups is 2. The Morgan fingerprint density at radius 2 is 1.59 bits per heavy atom. The number of amides is 2. The predicted octanol–water partition coefficient (Wildman–Crippen LogP) is 5.07. The highest BCUT2D eigenvalue weighted by Crippen LogP contribution is 2.27. The fourth-order valence-electron chi connectivity index (χ4n) is 2.64. The first-order chi connectivity index (χ1) is 14.0. The van der Waals surface area contributed by atoms with Gasteiger partial charge in [-0.1, -0.05) is 30.3 Å². The molecule has 0 radical (unpaired) electrons. The summed E-state index contributed by atoms with van der Waals surface area (Å²) in [4.78, 5) is 25.8. The van der Waals surface area contributed by atoms with Crippen LogP contribution in [0.2, 0.25) is 0 Å². The van der Waals surface area contributed by atoms with Gasteiger partial charge in [0.2, 0.25) is 5.91 Å². The Balaban J connectivity index is 1.62. The molecule has 3 aromatic carbocycles. The van der Waals surface area contributed by atoms with E-state index in [0.29, 0.717) is 17.0 Å². The number of hydrogen-bond donors (Lipinski definition) is 2. The number of hydrogen-bond acceptors (Lipinski definition) is 4. The lowest BCUT2D eigenvalue weighted by Crippen LogP contribution is -2.22. The quantitative estimate of drug-likeness (QED) is 0.538. The topological polar surface area (TPSA) is 67.4 Å². The van der Waals surface area contributed by atoms with Gasteiger partial charge in [-0.2, -0.15) is 0 Å². The summed E-state index contributed by atoms with van der Waals surface area (Å²) >= 11 is 1.43. The molecule has 0 aliphatic heterocycles. The Labute approximate surface area is 174 Å². The van der Waals surface area contributed by atoms with E-state index in [1.165, 1.54) is 11.8 Å². The van der Waals surface area contributed by atoms with Crippen LogP contribution in [0, 0.1) is 0 Å². The molecule has 0 aromatic heterocycles. The minimum Gasteiger partial charge on any atom is -0.497 e. The zero-order valence-electron chi connectivity index (χ0n) is 16.2. The van der Waals surface area contributed by atoms with Crippen molar-refractivity contribution in [3.05, 3.63) is 84.4 Å². The maximum atomic E-state index is 12.5. The van der Waals surface area contributed by atoms with Crippen molar-refractivity contribution >= 4 is 35.0 Å². The Morgan fingerprint density at radius 1 is 0.862 bits per heavy atom. The molecular weight excluding hydrogens is 384 g/mol. The van der Waals surface area contributed by atoms with E-state index in [2.05, 4.69) is 10.6 Å². The van der Waals surface area contributed by atoms with E-state index in [0.717, 1.165) is 10.6 Å². The van der Waals surface area contributed by atoms with Crippen LogP contribution in [0.5, 0.6) is 5.75 Å². The number of carbonyl (C=O) groups excluding carboxylic acids is 2. The standard InChI is InChI=1S/C23H22N2O3S/c1-16(22(26)24-18-9-4-3-5-10-18)29-21-13-7-11-19(15-21)25-23(27)17-8-6-12-20(14-17)28-2/h3-16H,1-2H3,(H,24,26)(H,25,27). The largest absolute Gasteiger partial charge is 0.497 e. The monoisotopic (exact) mass is 406 g/mol. The van der Waals surface area contributed by atoms with Crippen LogP contribution < -0.4 is 15.4 Å². The number of nitrogens with one attached hydrogen (secondary N) is 2. The Kier molecular flexibility index (Phi) is 6.92. The summed E-state index contributed by atoms with van der Waals surface area (Å²) in [5, 5.41) is 5.49. The first-order valence-electron chi connectivity index (χ1n) is 9.13. The lowest BCUT2D eigenvalue weighted by atomic mass is 10.2. The minimum atomic E-state index is -0.292. The molecule has 148 valence electrons. The van der Waals surface area contributed by atoms with E-state index >= 15 is 0 Å². The molecule has 0 aliphatic carbocycles. The zero-order chi connectivity index (χ0) is 20.6. The molecule has 0 aliphatic rings. The summed E-state index contributed by atoms with van der Waals surface area (Å²) in [6, 6.07) is 23.8. The van der Waals surface area contributed by atoms with E-state index in [-0.39, 0.29) is 17.1 Å². The second-order valence-electron chi connectivity index (χ2n) is 6.33. The van der Waals surface area contributed by atoms with Crippen molar-refractivity contribution in [3.63, 3.8) is 0 Å². The number of rotatable bonds is 7. The fourth-order valence-corrected chi connectivity index (χ4v) is 3.56. The SMILES string of the molecule is COc1cccc(C(=O)Nc2cccc(SC(C)C(=O)Nc3ccccc3)c2)c1. The molecule has 2 N–H and O–H groups in total. The molecule has 29 heavy (non-hydrogen) atoms. The number of para-hydroxylation sites is 1. The number of benzene rings is 3. The maximum absolute atomic E-state index is 12.5. The minimum absolute atomic E-state index is 0.0768. The van der Waals surface area contributed by atoms with Crippen molar-refractivity contribution in [1.29, 1.82) is 0 Å². The second-order valence-corrected chi connectivity index (χ2v) is 7.74. The third-order valence-electron chi connectivity index (χ3n) is 4.15. The molecule has 0 saturated carbocycles. The average Bonchev–Trinajstić information content (AvgIpc) is 2.74. The summed E-state index contributed by atoms with van der Waals surface area (Å²) in [7, 11) is 1.56. The van der Waals surface area contributed by atoms with Crippen LogP contribution in [-0.4, -0.2) is 24.2 Å². The fraction of sp³-hybridized carbons (Fsp3) is 0.130. The van der Waals surface area contributed by atoms with Crippen LogP contribution in [0.25, 0.3) is 0 Å². The summed E-state index contributed by atoms with van der Waals surface area (Å²) in [5.74, 6) is 0.327. The molecule has 3 rings (SSSR count). The molecule has 2 amide bonds. The van der Waals surface area contributed by atoms with Crippen molar-refractivity contribution in [1.82, 2.24) is 0 Å². The van der Waals surface area contributed by atoms with Gasteiger partial charge in [0.1, 0.15) is 5.75 Å². The summed E-state index contributed by atoms with van der Waals surface area (Å²) < 4.78 is 5.16. The Morgan fingerprint density at radius 3 is 2.34 bits per heavy atom. The van der Waals surface area contributed by atoms with Gasteiger partial charge in [-0.25, -0.2) is 0 Å². The average molecular weight is 407 g/mol. The first kappa shape index (κ1) is 20.5. The third-order valence-corrected chi connectivity index (χ3v) is 5.24. The molecule has 0 heterocycles. The predicted molar refractivity (Wildman–Crippen MR) is 118 cm³/mol. The van der Waals surface area contributed by atoms with Gasteiger partial charge in [-0.05, 0) is 55.5 Å². The van der Waals surface area contributed by atoms with Crippen molar-refractivity contribution < 1.29 is 14.3 Å². The van der Waals surface area contributed by atoms with Crippen molar-refractivity contribution in [3.8, 4) is 5.75 Å². The van der Waals surface area contributed by atoms with Crippen LogP contribution >= 0.6 is 11.8 Å². The number of anilines is 2. The van der Waals surface area contributed by atoms with Gasteiger partial charge in [0.15, 0.2) is 0 Å². The van der Waals surface area contributed by atoms with Crippen molar-refractivity contribution in [2.24, 2.45) is 0 Å². The third kappa shape index (κ3) is 5.86. The normalized spacial score (nSPS) is 11.4. The van der Waals surface area contributed by atoms with Crippen LogP contribution in [0.3, 0.4) is 0 Å². The van der Waals surface area contributed by atoms with Gasteiger partial charge >= 0.3 is 0 Å². The second kappa shape index (κ2) is 9.80. The summed E-state index contributed by atoms with van der Waals surface area (Å²) in [5.41, 5.74) is 1.95. The highest BCUT2D eigenvalue weighted by molar-refractivity contribution is 8.00. The lowest BCUT2D eigenvalue weighted by molar-refractivity contribution is -0.115. The van der Waals surface area contributed by atoms with Crippen LogP contribution in [-0.2, 0) is 4.79 Å². The molecule has 0 fully saturated rings. The zero-order valence-corrected chi connectivity index (χ0v) is 17.0. The van der Waals surface area contributed by atoms with Crippen molar-refractivity contribution in [2.75, 3.05) is 17.7 Å². The van der Waals surface area contributed by atoms with Gasteiger partial charge in [0.05, 0.1) is 12.4 Å². The van der Waals surface area contributed by atoms with E-state index in [1.54, 1.807) is 31.4 Å². The van der Waals surface area contributed by atoms with E-state index < -0.39 is 0 Å². The molecule has 0 bridgehead atoms. The van der Waals surface area contributed by atoms with Gasteiger partial charge in [-0.15, -0.1) is 11.8 Å². The van der Waals surface area contributed by atoms with Gasteiger partial charge in [-0.3, -0.25) is 9.59 Å². The Hall–Kier alpha value is -3.25. The highest BCUT2D eigenvalue weighted by Gasteiger charge is 2.15. The van der Waals surface area contributed by atoms with E-state index in [1.807, 2.05) is 61.5 Å². The molecule has 0 saturated heterocycles. The number of methoxy groups -OCH3 is 1. The number of thioether (sulfide) groups is 1. The molecule has 5 nitrogen and oxygen atoms in total. The maximum Gasteiger partial charge on any atom is 0.255 e. The first-order valence-corrected chi connectivity index (χ1v) is 10.0. The van der Waals surface area contributed by atoms with Gasteiger partial charge in [0.25, 0.3) is 5.91 Å². The van der Waals surface area contributed by atoms with Crippen molar-refractivity contribution in [2.45, 2.75) is 17.1 Å². The van der Waals surface area contributed by atoms with E-state index in [4.69, 9.17) is 4.74 Å². The number of ether oxygens (including phenoxy) is 1. The molecule has 1 unspecified atom stereocenters. The van der Waals surface area contributed by atoms with Crippen LogP contribution in [0.1, 0.15) is 17.3 Å². The molecule has 1 atom stereocenters. The summed E-state index contributed by atoms with van der Waals surface area (Å²) in [6.45, 7) is 1.85. The Bertz CT molecular complexity index is 992. The molecular formula is C23H22N2O3S. The lowest BCUT2D eigenvalue weighted by Gasteiger charge is -2.13. The van der Waals surface area contributed by atoms with Gasteiger partial charge in [0, 0.05) is 21.8 Å². The van der Waals surface area contributed by atoms with Crippen LogP contribution in [0.15, 0.2) is 83.8 Å². The molecule has 3 aromatic rings. The van der Waals surface area contributed by atoms with Gasteiger partial charge < -0.3 is 15.4 Å². The van der Waals surface area contributed by atoms with Crippen LogP contribution in [0.4, 0.5) is 11.4 Å². The molecule has 0 spiro atoms. The molecule has 6 heteroatoms. The van der Waals surface area contributed by atoms with E-state index in [9.17, 15) is 9.59 Å². The highest BCUT2D eigenvalue weighted by atomic mass is 32.2.